The number of amides is 2. The number of tetrazole rings is 1. The van der Waals surface area contributed by atoms with Crippen molar-refractivity contribution in [2.45, 2.75) is 19.9 Å². The third kappa shape index (κ3) is 4.72. The van der Waals surface area contributed by atoms with Crippen molar-refractivity contribution in [1.82, 2.24) is 25.5 Å². The Labute approximate surface area is 166 Å². The van der Waals surface area contributed by atoms with E-state index in [2.05, 4.69) is 26.2 Å². The quantitative estimate of drug-likeness (QED) is 0.664. The van der Waals surface area contributed by atoms with Gasteiger partial charge in [0, 0.05) is 16.3 Å². The van der Waals surface area contributed by atoms with E-state index in [0.717, 1.165) is 0 Å². The number of carbonyl (C=O) groups is 2. The Kier molecular flexibility index (Phi) is 6.00. The summed E-state index contributed by atoms with van der Waals surface area (Å²) in [5, 5.41) is 17.2. The van der Waals surface area contributed by atoms with Crippen LogP contribution in [0.5, 0.6) is 0 Å². The number of nitrogens with zero attached hydrogens (tertiary/aromatic N) is 4. The van der Waals surface area contributed by atoms with Crippen LogP contribution in [0.1, 0.15) is 24.2 Å². The van der Waals surface area contributed by atoms with E-state index >= 15 is 0 Å². The summed E-state index contributed by atoms with van der Waals surface area (Å²) >= 11 is 5.85. The first kappa shape index (κ1) is 19.5. The zero-order valence-electron chi connectivity index (χ0n) is 15.3. The van der Waals surface area contributed by atoms with E-state index in [4.69, 9.17) is 11.6 Å². The van der Waals surface area contributed by atoms with E-state index in [-0.39, 0.29) is 17.7 Å². The number of hydrogen-bond donors (Lipinski definition) is 2. The van der Waals surface area contributed by atoms with Gasteiger partial charge in [-0.15, -0.1) is 5.10 Å². The maximum Gasteiger partial charge on any atom is 0.251 e. The third-order valence-electron chi connectivity index (χ3n) is 4.07. The van der Waals surface area contributed by atoms with Gasteiger partial charge < -0.3 is 10.6 Å². The van der Waals surface area contributed by atoms with Gasteiger partial charge in [-0.1, -0.05) is 31.5 Å². The first-order valence-electron chi connectivity index (χ1n) is 8.65. The highest BCUT2D eigenvalue weighted by Gasteiger charge is 2.25. The molecule has 28 heavy (non-hydrogen) atoms. The molecule has 0 bridgehead atoms. The van der Waals surface area contributed by atoms with Crippen LogP contribution in [-0.4, -0.2) is 38.1 Å². The molecule has 9 heteroatoms. The minimum Gasteiger partial charge on any atom is -0.340 e. The van der Waals surface area contributed by atoms with E-state index < -0.39 is 6.04 Å². The lowest BCUT2D eigenvalue weighted by Crippen LogP contribution is -2.47. The maximum atomic E-state index is 12.8. The fourth-order valence-corrected chi connectivity index (χ4v) is 2.71. The van der Waals surface area contributed by atoms with Gasteiger partial charge in [0.15, 0.2) is 0 Å². The van der Waals surface area contributed by atoms with Crippen molar-refractivity contribution in [1.29, 1.82) is 0 Å². The minimum absolute atomic E-state index is 0.112. The summed E-state index contributed by atoms with van der Waals surface area (Å²) in [6.45, 7) is 3.73. The van der Waals surface area contributed by atoms with Crippen LogP contribution in [0, 0.1) is 5.92 Å². The Morgan fingerprint density at radius 3 is 2.50 bits per heavy atom. The van der Waals surface area contributed by atoms with Gasteiger partial charge in [-0.2, -0.15) is 0 Å². The summed E-state index contributed by atoms with van der Waals surface area (Å²) in [5.41, 5.74) is 1.71. The monoisotopic (exact) mass is 398 g/mol. The summed E-state index contributed by atoms with van der Waals surface area (Å²) in [7, 11) is 0. The molecule has 1 heterocycles. The van der Waals surface area contributed by atoms with Gasteiger partial charge in [0.25, 0.3) is 5.91 Å². The number of benzene rings is 2. The van der Waals surface area contributed by atoms with E-state index in [9.17, 15) is 9.59 Å². The Morgan fingerprint density at radius 2 is 1.86 bits per heavy atom. The molecule has 0 unspecified atom stereocenters. The maximum absolute atomic E-state index is 12.8. The Balaban J connectivity index is 1.72. The van der Waals surface area contributed by atoms with Crippen molar-refractivity contribution < 1.29 is 9.59 Å². The van der Waals surface area contributed by atoms with Crippen LogP contribution in [0.3, 0.4) is 0 Å². The van der Waals surface area contributed by atoms with Crippen LogP contribution in [0.25, 0.3) is 5.69 Å². The molecule has 0 fully saturated rings. The van der Waals surface area contributed by atoms with Crippen molar-refractivity contribution in [2.75, 3.05) is 5.32 Å². The van der Waals surface area contributed by atoms with Gasteiger partial charge in [-0.25, -0.2) is 4.68 Å². The molecule has 8 nitrogen and oxygen atoms in total. The van der Waals surface area contributed by atoms with Gasteiger partial charge in [0.2, 0.25) is 5.91 Å². The SMILES string of the molecule is CC(C)[C@@H](NC(=O)c1ccc(Cl)cc1)C(=O)Nc1cccc(-n2cnnn2)c1. The predicted octanol–water partition coefficient (Wildman–Crippen LogP) is 2.71. The number of halogens is 1. The summed E-state index contributed by atoms with van der Waals surface area (Å²) < 4.78 is 1.48. The molecule has 0 aliphatic carbocycles. The molecule has 0 saturated carbocycles. The Morgan fingerprint density at radius 1 is 1.11 bits per heavy atom. The summed E-state index contributed by atoms with van der Waals surface area (Å²) in [6, 6.07) is 12.9. The van der Waals surface area contributed by atoms with Crippen molar-refractivity contribution >= 4 is 29.1 Å². The average Bonchev–Trinajstić information content (AvgIpc) is 3.21. The Hall–Kier alpha value is -3.26. The van der Waals surface area contributed by atoms with Crippen molar-refractivity contribution in [3.05, 3.63) is 65.4 Å². The second-order valence-electron chi connectivity index (χ2n) is 6.50. The number of rotatable bonds is 6. The van der Waals surface area contributed by atoms with Crippen molar-refractivity contribution in [2.24, 2.45) is 5.92 Å². The first-order chi connectivity index (χ1) is 13.4. The number of anilines is 1. The molecule has 3 rings (SSSR count). The topological polar surface area (TPSA) is 102 Å². The lowest BCUT2D eigenvalue weighted by Gasteiger charge is -2.22. The van der Waals surface area contributed by atoms with Gasteiger partial charge in [-0.05, 0) is 58.8 Å². The molecule has 2 N–H and O–H groups in total. The molecule has 1 aromatic heterocycles. The highest BCUT2D eigenvalue weighted by Crippen LogP contribution is 2.15. The number of aromatic nitrogens is 4. The third-order valence-corrected chi connectivity index (χ3v) is 4.32. The summed E-state index contributed by atoms with van der Waals surface area (Å²) in [4.78, 5) is 25.3. The number of hydrogen-bond acceptors (Lipinski definition) is 5. The molecule has 144 valence electrons. The molecule has 3 aromatic rings. The minimum atomic E-state index is -0.708. The largest absolute Gasteiger partial charge is 0.340 e. The van der Waals surface area contributed by atoms with Crippen LogP contribution >= 0.6 is 11.6 Å². The van der Waals surface area contributed by atoms with E-state index in [1.54, 1.807) is 42.5 Å². The van der Waals surface area contributed by atoms with Gasteiger partial charge in [0.1, 0.15) is 12.4 Å². The van der Waals surface area contributed by atoms with Crippen LogP contribution < -0.4 is 10.6 Å². The van der Waals surface area contributed by atoms with E-state index in [1.807, 2.05) is 19.9 Å². The predicted molar refractivity (Wildman–Crippen MR) is 105 cm³/mol. The second-order valence-corrected chi connectivity index (χ2v) is 6.93. The van der Waals surface area contributed by atoms with Crippen molar-refractivity contribution in [3.8, 4) is 5.69 Å². The first-order valence-corrected chi connectivity index (χ1v) is 9.02. The van der Waals surface area contributed by atoms with Crippen LogP contribution in [0.2, 0.25) is 5.02 Å². The van der Waals surface area contributed by atoms with Crippen LogP contribution in [0.15, 0.2) is 54.9 Å². The second kappa shape index (κ2) is 8.62. The lowest BCUT2D eigenvalue weighted by molar-refractivity contribution is -0.118. The van der Waals surface area contributed by atoms with Crippen LogP contribution in [0.4, 0.5) is 5.69 Å². The molecular weight excluding hydrogens is 380 g/mol. The highest BCUT2D eigenvalue weighted by atomic mass is 35.5. The molecule has 0 saturated heterocycles. The highest BCUT2D eigenvalue weighted by molar-refractivity contribution is 6.30. The average molecular weight is 399 g/mol. The zero-order chi connectivity index (χ0) is 20.1. The fraction of sp³-hybridized carbons (Fsp3) is 0.211. The molecule has 1 atom stereocenters. The van der Waals surface area contributed by atoms with Gasteiger partial charge in [0.05, 0.1) is 5.69 Å². The Bertz CT molecular complexity index is 957. The molecule has 2 aromatic carbocycles. The zero-order valence-corrected chi connectivity index (χ0v) is 16.1. The number of carbonyl (C=O) groups excluding carboxylic acids is 2. The van der Waals surface area contributed by atoms with Crippen LogP contribution in [-0.2, 0) is 4.79 Å². The molecule has 2 amide bonds. The molecule has 0 aliphatic rings. The van der Waals surface area contributed by atoms with E-state index in [0.29, 0.717) is 22.0 Å². The fourth-order valence-electron chi connectivity index (χ4n) is 2.59. The number of nitrogens with one attached hydrogen (secondary N) is 2. The summed E-state index contributed by atoms with van der Waals surface area (Å²) in [6.07, 6.45) is 1.46. The molecular formula is C19H19ClN6O2. The molecule has 0 spiro atoms. The van der Waals surface area contributed by atoms with E-state index in [1.165, 1.54) is 11.0 Å². The lowest BCUT2D eigenvalue weighted by atomic mass is 10.0. The standard InChI is InChI=1S/C19H19ClN6O2/c1-12(2)17(23-18(27)13-6-8-14(20)9-7-13)19(28)22-15-4-3-5-16(10-15)26-11-21-24-25-26/h3-12,17H,1-2H3,(H,22,28)(H,23,27)/t17-/m1/s1. The van der Waals surface area contributed by atoms with Gasteiger partial charge in [-0.3, -0.25) is 9.59 Å². The summed E-state index contributed by atoms with van der Waals surface area (Å²) in [5.74, 6) is -0.766. The normalized spacial score (nSPS) is 11.9. The molecule has 0 radical (unpaired) electrons. The molecule has 0 aliphatic heterocycles. The van der Waals surface area contributed by atoms with Gasteiger partial charge >= 0.3 is 0 Å². The smallest absolute Gasteiger partial charge is 0.251 e. The van der Waals surface area contributed by atoms with Crippen molar-refractivity contribution in [3.63, 3.8) is 0 Å².